The Bertz CT molecular complexity index is 277. The quantitative estimate of drug-likeness (QED) is 0.711. The molecule has 1 atom stereocenters. The van der Waals surface area contributed by atoms with Gasteiger partial charge in [0, 0.05) is 0 Å². The third kappa shape index (κ3) is 1.53. The second-order valence-corrected chi connectivity index (χ2v) is 2.89. The van der Waals surface area contributed by atoms with E-state index in [1.165, 1.54) is 6.92 Å². The molecule has 12 heavy (non-hydrogen) atoms. The average Bonchev–Trinajstić information content (AvgIpc) is 2.06. The maximum absolute atomic E-state index is 11.1. The van der Waals surface area contributed by atoms with E-state index in [9.17, 15) is 4.79 Å². The normalized spacial score (nSPS) is 15.2. The number of hydrogen-bond donors (Lipinski definition) is 1. The van der Waals surface area contributed by atoms with Crippen molar-refractivity contribution in [1.29, 1.82) is 0 Å². The smallest absolute Gasteiger partial charge is 0.154 e. The molecule has 0 bridgehead atoms. The first-order valence-corrected chi connectivity index (χ1v) is 3.76. The van der Waals surface area contributed by atoms with E-state index in [4.69, 9.17) is 5.73 Å². The van der Waals surface area contributed by atoms with Gasteiger partial charge in [0.25, 0.3) is 0 Å². The minimum absolute atomic E-state index is 0.131. The van der Waals surface area contributed by atoms with Gasteiger partial charge in [0.1, 0.15) is 5.54 Å². The zero-order valence-electron chi connectivity index (χ0n) is 7.08. The van der Waals surface area contributed by atoms with Crippen molar-refractivity contribution in [2.45, 2.75) is 12.5 Å². The van der Waals surface area contributed by atoms with E-state index >= 15 is 0 Å². The van der Waals surface area contributed by atoms with Crippen molar-refractivity contribution >= 4 is 5.78 Å². The van der Waals surface area contributed by atoms with E-state index < -0.39 is 5.54 Å². The summed E-state index contributed by atoms with van der Waals surface area (Å²) in [7, 11) is 0. The summed E-state index contributed by atoms with van der Waals surface area (Å²) in [4.78, 5) is 11.1. The minimum Gasteiger partial charge on any atom is -0.315 e. The number of carbonyl (C=O) groups is 1. The van der Waals surface area contributed by atoms with Gasteiger partial charge in [-0.1, -0.05) is 30.3 Å². The number of hydrogen-bond acceptors (Lipinski definition) is 2. The molecule has 1 aromatic carbocycles. The van der Waals surface area contributed by atoms with E-state index in [-0.39, 0.29) is 5.78 Å². The minimum atomic E-state index is -1.10. The van der Waals surface area contributed by atoms with Crippen LogP contribution >= 0.6 is 0 Å². The van der Waals surface area contributed by atoms with Gasteiger partial charge < -0.3 is 5.73 Å². The van der Waals surface area contributed by atoms with Gasteiger partial charge in [0.05, 0.1) is 0 Å². The predicted molar refractivity (Wildman–Crippen MR) is 48.3 cm³/mol. The molecule has 2 N–H and O–H groups in total. The van der Waals surface area contributed by atoms with Crippen LogP contribution in [-0.2, 0) is 10.3 Å². The van der Waals surface area contributed by atoms with Gasteiger partial charge >= 0.3 is 0 Å². The number of ketones is 1. The molecule has 1 aromatic rings. The predicted octanol–water partition coefficient (Wildman–Crippen LogP) is 1.26. The number of Topliss-reactive ketones (excluding diaryl/α,β-unsaturated/α-hetero) is 1. The molecule has 0 saturated carbocycles. The van der Waals surface area contributed by atoms with Gasteiger partial charge in [-0.15, -0.1) is 0 Å². The second-order valence-electron chi connectivity index (χ2n) is 2.89. The monoisotopic (exact) mass is 162 g/mol. The van der Waals surface area contributed by atoms with E-state index in [1.807, 2.05) is 18.2 Å². The van der Waals surface area contributed by atoms with Crippen LogP contribution in [0.2, 0.25) is 0 Å². The molecule has 0 aromatic heterocycles. The van der Waals surface area contributed by atoms with Crippen molar-refractivity contribution in [3.63, 3.8) is 0 Å². The molecule has 0 aliphatic heterocycles. The lowest BCUT2D eigenvalue weighted by atomic mass is 9.90. The fourth-order valence-corrected chi connectivity index (χ4v) is 0.939. The van der Waals surface area contributed by atoms with Crippen LogP contribution in [0.5, 0.6) is 0 Å². The molecule has 0 heterocycles. The third-order valence-electron chi connectivity index (χ3n) is 1.92. The lowest BCUT2D eigenvalue weighted by molar-refractivity contribution is -0.120. The number of carbonyl (C=O) groups excluding carboxylic acids is 1. The Labute approximate surface area is 72.4 Å². The summed E-state index contributed by atoms with van der Waals surface area (Å²) in [5, 5.41) is 0. The van der Waals surface area contributed by atoms with Crippen molar-refractivity contribution in [3.8, 4) is 0 Å². The standard InChI is InChI=1S/C10H12NO/c1-8(12)10(2,11)9-6-4-3-5-7-9/h3-7H,2,11H2,1H3. The number of nitrogens with two attached hydrogens (primary N) is 1. The molecule has 0 aliphatic carbocycles. The van der Waals surface area contributed by atoms with Gasteiger partial charge in [-0.25, -0.2) is 0 Å². The van der Waals surface area contributed by atoms with Crippen LogP contribution in [0, 0.1) is 6.92 Å². The van der Waals surface area contributed by atoms with Crippen LogP contribution in [0.15, 0.2) is 30.3 Å². The van der Waals surface area contributed by atoms with E-state index in [2.05, 4.69) is 6.92 Å². The Balaban J connectivity index is 3.06. The Hall–Kier alpha value is -1.15. The molecule has 2 nitrogen and oxygen atoms in total. The summed E-state index contributed by atoms with van der Waals surface area (Å²) in [5.41, 5.74) is 5.37. The lowest BCUT2D eigenvalue weighted by Gasteiger charge is -2.20. The van der Waals surface area contributed by atoms with Gasteiger partial charge in [0.2, 0.25) is 0 Å². The first-order valence-electron chi connectivity index (χ1n) is 3.76. The Morgan fingerprint density at radius 3 is 2.33 bits per heavy atom. The third-order valence-corrected chi connectivity index (χ3v) is 1.92. The molecule has 0 aliphatic rings. The van der Waals surface area contributed by atoms with Crippen LogP contribution in [0.4, 0.5) is 0 Å². The molecule has 2 heteroatoms. The highest BCUT2D eigenvalue weighted by Gasteiger charge is 2.26. The van der Waals surface area contributed by atoms with E-state index in [1.54, 1.807) is 12.1 Å². The van der Waals surface area contributed by atoms with E-state index in [0.29, 0.717) is 0 Å². The summed E-state index contributed by atoms with van der Waals surface area (Å²) in [5.74, 6) is -0.131. The SMILES string of the molecule is [CH2]C(N)(C(C)=O)c1ccccc1. The fourth-order valence-electron chi connectivity index (χ4n) is 0.939. The summed E-state index contributed by atoms with van der Waals surface area (Å²) in [6.07, 6.45) is 0. The molecule has 0 fully saturated rings. The summed E-state index contributed by atoms with van der Waals surface area (Å²) < 4.78 is 0. The van der Waals surface area contributed by atoms with Crippen LogP contribution in [0.25, 0.3) is 0 Å². The maximum atomic E-state index is 11.1. The largest absolute Gasteiger partial charge is 0.315 e. The highest BCUT2D eigenvalue weighted by atomic mass is 16.1. The van der Waals surface area contributed by atoms with Crippen LogP contribution in [0.3, 0.4) is 0 Å². The number of rotatable bonds is 2. The topological polar surface area (TPSA) is 43.1 Å². The zero-order valence-corrected chi connectivity index (χ0v) is 7.08. The van der Waals surface area contributed by atoms with Gasteiger partial charge in [-0.3, -0.25) is 4.79 Å². The lowest BCUT2D eigenvalue weighted by Crippen LogP contribution is -2.40. The first kappa shape index (κ1) is 8.94. The summed E-state index contributed by atoms with van der Waals surface area (Å²) in [6.45, 7) is 5.11. The van der Waals surface area contributed by atoms with Crippen molar-refractivity contribution in [2.75, 3.05) is 0 Å². The van der Waals surface area contributed by atoms with Crippen molar-refractivity contribution in [2.24, 2.45) is 5.73 Å². The molecule has 1 unspecified atom stereocenters. The molecule has 0 saturated heterocycles. The molecular formula is C10H12NO. The molecule has 0 amide bonds. The van der Waals surface area contributed by atoms with Crippen LogP contribution < -0.4 is 5.73 Å². The highest BCUT2D eigenvalue weighted by molar-refractivity contribution is 5.87. The molecule has 1 rings (SSSR count). The first-order chi connectivity index (χ1) is 5.55. The zero-order chi connectivity index (χ0) is 9.19. The van der Waals surface area contributed by atoms with Crippen molar-refractivity contribution < 1.29 is 4.79 Å². The molecular weight excluding hydrogens is 150 g/mol. The number of benzene rings is 1. The molecule has 1 radical (unpaired) electrons. The van der Waals surface area contributed by atoms with Gasteiger partial charge in [0.15, 0.2) is 5.78 Å². The van der Waals surface area contributed by atoms with Crippen molar-refractivity contribution in [3.05, 3.63) is 42.8 Å². The van der Waals surface area contributed by atoms with Crippen LogP contribution in [-0.4, -0.2) is 5.78 Å². The van der Waals surface area contributed by atoms with Gasteiger partial charge in [-0.2, -0.15) is 0 Å². The van der Waals surface area contributed by atoms with Crippen molar-refractivity contribution in [1.82, 2.24) is 0 Å². The maximum Gasteiger partial charge on any atom is 0.154 e. The van der Waals surface area contributed by atoms with Gasteiger partial charge in [-0.05, 0) is 19.4 Å². The highest BCUT2D eigenvalue weighted by Crippen LogP contribution is 2.17. The van der Waals surface area contributed by atoms with Crippen LogP contribution in [0.1, 0.15) is 12.5 Å². The Morgan fingerprint density at radius 1 is 1.42 bits per heavy atom. The Morgan fingerprint density at radius 2 is 1.92 bits per heavy atom. The second kappa shape index (κ2) is 3.07. The molecule has 63 valence electrons. The molecule has 0 spiro atoms. The Kier molecular flexibility index (Phi) is 2.29. The summed E-state index contributed by atoms with van der Waals surface area (Å²) in [6, 6.07) is 9.15. The fraction of sp³-hybridized carbons (Fsp3) is 0.200. The van der Waals surface area contributed by atoms with E-state index in [0.717, 1.165) is 5.56 Å². The average molecular weight is 162 g/mol. The summed E-state index contributed by atoms with van der Waals surface area (Å²) >= 11 is 0.